The molecule has 2 saturated carbocycles. The first kappa shape index (κ1) is 15.0. The van der Waals surface area contributed by atoms with E-state index in [1.54, 1.807) is 0 Å². The summed E-state index contributed by atoms with van der Waals surface area (Å²) < 4.78 is 0. The highest BCUT2D eigenvalue weighted by molar-refractivity contribution is 5.99. The maximum Gasteiger partial charge on any atom is 0.140 e. The van der Waals surface area contributed by atoms with Crippen molar-refractivity contribution in [2.24, 2.45) is 28.3 Å². The second-order valence-corrected chi connectivity index (χ2v) is 7.60. The number of hydrogen-bond acceptors (Lipinski definition) is 4. The van der Waals surface area contributed by atoms with Gasteiger partial charge in [0.15, 0.2) is 0 Å². The predicted molar refractivity (Wildman–Crippen MR) is 82.6 cm³/mol. The summed E-state index contributed by atoms with van der Waals surface area (Å²) >= 11 is 0. The molecule has 21 heavy (non-hydrogen) atoms. The van der Waals surface area contributed by atoms with Gasteiger partial charge in [-0.25, -0.2) is 0 Å². The van der Waals surface area contributed by atoms with Gasteiger partial charge >= 0.3 is 0 Å². The zero-order chi connectivity index (χ0) is 15.0. The zero-order valence-corrected chi connectivity index (χ0v) is 13.3. The molecule has 3 aliphatic rings. The van der Waals surface area contributed by atoms with E-state index in [1.165, 1.54) is 0 Å². The average molecular weight is 292 g/mol. The lowest BCUT2D eigenvalue weighted by atomic mass is 9.58. The maximum atomic E-state index is 13.0. The molecule has 4 unspecified atom stereocenters. The molecule has 1 saturated heterocycles. The molecule has 2 aliphatic carbocycles. The average Bonchev–Trinajstić information content (AvgIpc) is 2.76. The Morgan fingerprint density at radius 3 is 2.81 bits per heavy atom. The number of Topliss-reactive ketones (excluding diaryl/α,β-unsaturated/α-hetero) is 1. The smallest absolute Gasteiger partial charge is 0.140 e. The molecule has 1 spiro atoms. The SMILES string of the molecule is CC1CC(=O)C23CCCN(C)CCCC2C(=NO)CC3C1. The lowest BCUT2D eigenvalue weighted by molar-refractivity contribution is -0.139. The quantitative estimate of drug-likeness (QED) is 0.551. The van der Waals surface area contributed by atoms with E-state index in [-0.39, 0.29) is 11.3 Å². The van der Waals surface area contributed by atoms with E-state index in [1.807, 2.05) is 0 Å². The predicted octanol–water partition coefficient (Wildman–Crippen LogP) is 2.94. The first-order valence-electron chi connectivity index (χ1n) is 8.50. The molecule has 3 fully saturated rings. The van der Waals surface area contributed by atoms with Crippen molar-refractivity contribution in [3.05, 3.63) is 0 Å². The minimum Gasteiger partial charge on any atom is -0.411 e. The monoisotopic (exact) mass is 292 g/mol. The number of ketones is 1. The van der Waals surface area contributed by atoms with E-state index >= 15 is 0 Å². The Balaban J connectivity index is 1.97. The highest BCUT2D eigenvalue weighted by Gasteiger charge is 2.59. The van der Waals surface area contributed by atoms with E-state index in [9.17, 15) is 10.0 Å². The van der Waals surface area contributed by atoms with Gasteiger partial charge in [-0.3, -0.25) is 4.79 Å². The summed E-state index contributed by atoms with van der Waals surface area (Å²) in [7, 11) is 2.17. The summed E-state index contributed by atoms with van der Waals surface area (Å²) in [5.41, 5.74) is 0.700. The summed E-state index contributed by atoms with van der Waals surface area (Å²) in [5.74, 6) is 1.55. The second kappa shape index (κ2) is 5.71. The first-order valence-corrected chi connectivity index (χ1v) is 8.50. The van der Waals surface area contributed by atoms with Crippen molar-refractivity contribution in [3.63, 3.8) is 0 Å². The molecular weight excluding hydrogens is 264 g/mol. The van der Waals surface area contributed by atoms with E-state index in [4.69, 9.17) is 0 Å². The molecule has 0 aromatic carbocycles. The topological polar surface area (TPSA) is 52.9 Å². The normalized spacial score (nSPS) is 43.8. The first-order chi connectivity index (χ1) is 10.1. The van der Waals surface area contributed by atoms with E-state index in [0.29, 0.717) is 17.6 Å². The van der Waals surface area contributed by atoms with Gasteiger partial charge in [-0.2, -0.15) is 0 Å². The van der Waals surface area contributed by atoms with Crippen LogP contribution in [0.15, 0.2) is 5.16 Å². The minimum atomic E-state index is -0.209. The van der Waals surface area contributed by atoms with Gasteiger partial charge in [0, 0.05) is 17.8 Å². The van der Waals surface area contributed by atoms with Crippen LogP contribution in [0.25, 0.3) is 0 Å². The van der Waals surface area contributed by atoms with Gasteiger partial charge in [0.2, 0.25) is 0 Å². The number of carbonyl (C=O) groups excluding carboxylic acids is 1. The standard InChI is InChI=1S/C17H28N2O2/c1-12-9-13-11-15(18-21)14-5-3-7-19(2)8-4-6-17(13,14)16(20)10-12/h12-14,21H,3-11H2,1-2H3. The van der Waals surface area contributed by atoms with Crippen LogP contribution in [0.5, 0.6) is 0 Å². The Hall–Kier alpha value is -0.900. The van der Waals surface area contributed by atoms with Crippen LogP contribution in [-0.2, 0) is 4.79 Å². The van der Waals surface area contributed by atoms with Crippen LogP contribution < -0.4 is 0 Å². The van der Waals surface area contributed by atoms with Gasteiger partial charge in [0.25, 0.3) is 0 Å². The Kier molecular flexibility index (Phi) is 4.08. The van der Waals surface area contributed by atoms with Crippen LogP contribution in [0.3, 0.4) is 0 Å². The molecule has 0 bridgehead atoms. The van der Waals surface area contributed by atoms with E-state index in [0.717, 1.165) is 63.7 Å². The Bertz CT molecular complexity index is 448. The molecule has 0 amide bonds. The van der Waals surface area contributed by atoms with Crippen molar-refractivity contribution in [1.29, 1.82) is 0 Å². The number of hydrogen-bond donors (Lipinski definition) is 1. The summed E-state index contributed by atoms with van der Waals surface area (Å²) in [6.45, 7) is 4.35. The number of nitrogens with zero attached hydrogens (tertiary/aromatic N) is 2. The molecule has 1 aliphatic heterocycles. The van der Waals surface area contributed by atoms with Gasteiger partial charge in [0.05, 0.1) is 5.71 Å². The number of rotatable bonds is 0. The Morgan fingerprint density at radius 1 is 1.29 bits per heavy atom. The van der Waals surface area contributed by atoms with Crippen LogP contribution in [0.2, 0.25) is 0 Å². The molecule has 118 valence electrons. The van der Waals surface area contributed by atoms with E-state index < -0.39 is 0 Å². The van der Waals surface area contributed by atoms with Crippen LogP contribution in [0, 0.1) is 23.2 Å². The third-order valence-electron chi connectivity index (χ3n) is 6.24. The van der Waals surface area contributed by atoms with Crippen LogP contribution >= 0.6 is 0 Å². The van der Waals surface area contributed by atoms with Crippen LogP contribution in [0.1, 0.15) is 51.9 Å². The van der Waals surface area contributed by atoms with Crippen molar-refractivity contribution in [2.75, 3.05) is 20.1 Å². The molecule has 4 atom stereocenters. The fraction of sp³-hybridized carbons (Fsp3) is 0.882. The van der Waals surface area contributed by atoms with Crippen molar-refractivity contribution >= 4 is 11.5 Å². The van der Waals surface area contributed by atoms with Crippen molar-refractivity contribution in [2.45, 2.75) is 51.9 Å². The van der Waals surface area contributed by atoms with Gasteiger partial charge in [0.1, 0.15) is 5.78 Å². The third kappa shape index (κ3) is 2.41. The van der Waals surface area contributed by atoms with Crippen LogP contribution in [-0.4, -0.2) is 41.7 Å². The maximum absolute atomic E-state index is 13.0. The molecule has 0 aromatic rings. The van der Waals surface area contributed by atoms with Crippen LogP contribution in [0.4, 0.5) is 0 Å². The lowest BCUT2D eigenvalue weighted by Gasteiger charge is -2.43. The van der Waals surface area contributed by atoms with E-state index in [2.05, 4.69) is 24.0 Å². The van der Waals surface area contributed by atoms with Crippen molar-refractivity contribution < 1.29 is 10.0 Å². The van der Waals surface area contributed by atoms with Crippen molar-refractivity contribution in [3.8, 4) is 0 Å². The molecule has 1 heterocycles. The fourth-order valence-corrected chi connectivity index (χ4v) is 5.32. The summed E-state index contributed by atoms with van der Waals surface area (Å²) in [6, 6.07) is 0. The molecule has 4 nitrogen and oxygen atoms in total. The highest BCUT2D eigenvalue weighted by atomic mass is 16.4. The third-order valence-corrected chi connectivity index (χ3v) is 6.24. The largest absolute Gasteiger partial charge is 0.411 e. The summed E-state index contributed by atoms with van der Waals surface area (Å²) in [5, 5.41) is 13.1. The number of oxime groups is 1. The van der Waals surface area contributed by atoms with Gasteiger partial charge in [-0.05, 0) is 70.5 Å². The van der Waals surface area contributed by atoms with Gasteiger partial charge in [-0.1, -0.05) is 12.1 Å². The number of carbonyl (C=O) groups is 1. The molecule has 0 radical (unpaired) electrons. The van der Waals surface area contributed by atoms with Gasteiger partial charge in [-0.15, -0.1) is 0 Å². The zero-order valence-electron chi connectivity index (χ0n) is 13.3. The molecule has 1 N–H and O–H groups in total. The molecule has 3 rings (SSSR count). The highest BCUT2D eigenvalue weighted by Crippen LogP contribution is 2.57. The molecular formula is C17H28N2O2. The fourth-order valence-electron chi connectivity index (χ4n) is 5.32. The summed E-state index contributed by atoms with van der Waals surface area (Å²) in [6.07, 6.45) is 6.85. The molecule has 0 aromatic heterocycles. The second-order valence-electron chi connectivity index (χ2n) is 7.60. The van der Waals surface area contributed by atoms with Gasteiger partial charge < -0.3 is 10.1 Å². The summed E-state index contributed by atoms with van der Waals surface area (Å²) in [4.78, 5) is 15.4. The minimum absolute atomic E-state index is 0.194. The Morgan fingerprint density at radius 2 is 2.05 bits per heavy atom. The van der Waals surface area contributed by atoms with Crippen molar-refractivity contribution in [1.82, 2.24) is 4.90 Å². The lowest BCUT2D eigenvalue weighted by Crippen LogP contribution is -2.46. The Labute approximate surface area is 127 Å². The molecule has 4 heteroatoms.